The summed E-state index contributed by atoms with van der Waals surface area (Å²) < 4.78 is 11.9. The predicted octanol–water partition coefficient (Wildman–Crippen LogP) is 2.26. The predicted molar refractivity (Wildman–Crippen MR) is 121 cm³/mol. The van der Waals surface area contributed by atoms with Crippen LogP contribution in [0.4, 0.5) is 4.79 Å². The van der Waals surface area contributed by atoms with Crippen LogP contribution in [0.15, 0.2) is 12.1 Å². The summed E-state index contributed by atoms with van der Waals surface area (Å²) in [6, 6.07) is 3.35. The monoisotopic (exact) mass is 469 g/mol. The average molecular weight is 470 g/mol. The zero-order valence-electron chi connectivity index (χ0n) is 20.0. The molecule has 182 valence electrons. The number of imide groups is 1. The summed E-state index contributed by atoms with van der Waals surface area (Å²) in [6.07, 6.45) is 0.811. The lowest BCUT2D eigenvalue weighted by Crippen LogP contribution is -2.63. The quantitative estimate of drug-likeness (QED) is 0.610. The molecule has 4 amide bonds. The maximum atomic E-state index is 13.2. The molecule has 2 fully saturated rings. The van der Waals surface area contributed by atoms with Gasteiger partial charge in [0.2, 0.25) is 11.8 Å². The Kier molecular flexibility index (Phi) is 5.15. The Hall–Kier alpha value is -3.10. The van der Waals surface area contributed by atoms with Gasteiger partial charge >= 0.3 is 6.09 Å². The molecule has 4 unspecified atom stereocenters. The highest BCUT2D eigenvalue weighted by atomic mass is 16.6. The van der Waals surface area contributed by atoms with Crippen LogP contribution in [-0.2, 0) is 26.3 Å². The van der Waals surface area contributed by atoms with Gasteiger partial charge in [0.1, 0.15) is 11.4 Å². The Balaban J connectivity index is 1.54. The molecular weight excluding hydrogens is 438 g/mol. The molecule has 2 saturated heterocycles. The van der Waals surface area contributed by atoms with E-state index < -0.39 is 29.1 Å². The van der Waals surface area contributed by atoms with Crippen LogP contribution in [0.1, 0.15) is 68.4 Å². The molecule has 1 spiro atoms. The van der Waals surface area contributed by atoms with E-state index in [1.165, 1.54) is 0 Å². The Labute approximate surface area is 198 Å². The topological polar surface area (TPSA) is 114 Å². The van der Waals surface area contributed by atoms with Crippen molar-refractivity contribution in [1.82, 2.24) is 15.5 Å². The van der Waals surface area contributed by atoms with E-state index in [0.717, 1.165) is 16.9 Å². The van der Waals surface area contributed by atoms with E-state index in [-0.39, 0.29) is 30.1 Å². The number of nitrogens with one attached hydrogen (secondary N) is 2. The number of ether oxygens (including phenoxy) is 2. The molecule has 0 aliphatic carbocycles. The van der Waals surface area contributed by atoms with Gasteiger partial charge in [0.05, 0.1) is 18.6 Å². The van der Waals surface area contributed by atoms with E-state index in [0.29, 0.717) is 38.1 Å². The van der Waals surface area contributed by atoms with Crippen LogP contribution in [-0.4, -0.2) is 53.5 Å². The van der Waals surface area contributed by atoms with E-state index in [4.69, 9.17) is 9.47 Å². The number of fused-ring (bicyclic) bond motifs is 4. The molecular formula is C25H31N3O6. The fourth-order valence-corrected chi connectivity index (χ4v) is 6.13. The van der Waals surface area contributed by atoms with Gasteiger partial charge < -0.3 is 19.7 Å². The third-order valence-corrected chi connectivity index (χ3v) is 7.81. The van der Waals surface area contributed by atoms with Crippen LogP contribution in [0.5, 0.6) is 5.75 Å². The summed E-state index contributed by atoms with van der Waals surface area (Å²) in [5, 5.41) is 5.32. The van der Waals surface area contributed by atoms with Gasteiger partial charge in [0, 0.05) is 41.6 Å². The molecule has 9 nitrogen and oxygen atoms in total. The fraction of sp³-hybridized carbons (Fsp3) is 0.600. The number of carbonyl (C=O) groups is 4. The van der Waals surface area contributed by atoms with Gasteiger partial charge in [-0.2, -0.15) is 0 Å². The van der Waals surface area contributed by atoms with Crippen LogP contribution < -0.4 is 15.4 Å². The maximum Gasteiger partial charge on any atom is 0.410 e. The van der Waals surface area contributed by atoms with Gasteiger partial charge in [0.15, 0.2) is 0 Å². The summed E-state index contributed by atoms with van der Waals surface area (Å²) >= 11 is 0. The summed E-state index contributed by atoms with van der Waals surface area (Å²) in [5.74, 6) is -0.666. The van der Waals surface area contributed by atoms with Gasteiger partial charge in [-0.05, 0) is 45.6 Å². The van der Waals surface area contributed by atoms with Crippen LogP contribution in [0, 0.1) is 11.8 Å². The summed E-state index contributed by atoms with van der Waals surface area (Å²) in [7, 11) is 0. The van der Waals surface area contributed by atoms with Crippen molar-refractivity contribution in [3.05, 3.63) is 28.8 Å². The molecule has 5 rings (SSSR count). The number of carbonyl (C=O) groups excluding carboxylic acids is 4. The minimum absolute atomic E-state index is 0.100. The van der Waals surface area contributed by atoms with Crippen LogP contribution in [0.2, 0.25) is 0 Å². The number of hydrogen-bond acceptors (Lipinski definition) is 6. The first kappa shape index (κ1) is 22.7. The Bertz CT molecular complexity index is 1090. The SMILES string of the molecule is CC1C(C2CCC(=O)NC2=O)N(C(=O)OC(C)(C)C)CCC12COc1c2ccc2c1CNC2=O. The first-order valence-corrected chi connectivity index (χ1v) is 11.9. The highest BCUT2D eigenvalue weighted by molar-refractivity contribution is 6.00. The highest BCUT2D eigenvalue weighted by Gasteiger charge is 2.57. The second kappa shape index (κ2) is 7.71. The number of hydrogen-bond donors (Lipinski definition) is 2. The number of likely N-dealkylation sites (tertiary alicyclic amines) is 1. The van der Waals surface area contributed by atoms with Gasteiger partial charge in [-0.25, -0.2) is 4.79 Å². The van der Waals surface area contributed by atoms with Crippen LogP contribution in [0.25, 0.3) is 0 Å². The van der Waals surface area contributed by atoms with Gasteiger partial charge in [-0.1, -0.05) is 13.0 Å². The molecule has 0 bridgehead atoms. The Morgan fingerprint density at radius 1 is 1.24 bits per heavy atom. The largest absolute Gasteiger partial charge is 0.492 e. The second-order valence-corrected chi connectivity index (χ2v) is 10.9. The smallest absolute Gasteiger partial charge is 0.410 e. The molecule has 4 aliphatic rings. The summed E-state index contributed by atoms with van der Waals surface area (Å²) in [4.78, 5) is 51.9. The first-order valence-electron chi connectivity index (χ1n) is 11.9. The molecule has 2 N–H and O–H groups in total. The maximum absolute atomic E-state index is 13.2. The Morgan fingerprint density at radius 3 is 2.71 bits per heavy atom. The zero-order chi connectivity index (χ0) is 24.4. The lowest BCUT2D eigenvalue weighted by molar-refractivity contribution is -0.140. The van der Waals surface area contributed by atoms with Crippen molar-refractivity contribution in [1.29, 1.82) is 0 Å². The van der Waals surface area contributed by atoms with Crippen LogP contribution >= 0.6 is 0 Å². The molecule has 4 aliphatic heterocycles. The van der Waals surface area contributed by atoms with Crippen LogP contribution in [0.3, 0.4) is 0 Å². The summed E-state index contributed by atoms with van der Waals surface area (Å²) in [5.41, 5.74) is 1.45. The number of benzene rings is 1. The molecule has 0 saturated carbocycles. The Morgan fingerprint density at radius 2 is 2.00 bits per heavy atom. The molecule has 0 aromatic heterocycles. The van der Waals surface area contributed by atoms with Gasteiger partial charge in [-0.15, -0.1) is 0 Å². The number of rotatable bonds is 1. The standard InChI is InChI=1S/C25H31N3O6/c1-13-19(15-6-8-18(29)27-22(15)31)28(23(32)34-24(2,3)4)10-9-25(13)12-33-20-16-11-26-21(30)14(16)5-7-17(20)25/h5,7,13,15,19H,6,8-12H2,1-4H3,(H,26,30)(H,27,29,31). The first-order chi connectivity index (χ1) is 16.0. The molecule has 4 heterocycles. The van der Waals surface area contributed by atoms with E-state index in [1.807, 2.05) is 32.9 Å². The van der Waals surface area contributed by atoms with Crippen molar-refractivity contribution in [2.24, 2.45) is 11.8 Å². The van der Waals surface area contributed by atoms with E-state index in [1.54, 1.807) is 4.90 Å². The van der Waals surface area contributed by atoms with Crippen molar-refractivity contribution in [3.63, 3.8) is 0 Å². The molecule has 4 atom stereocenters. The van der Waals surface area contributed by atoms with Gasteiger partial charge in [0.25, 0.3) is 5.91 Å². The van der Waals surface area contributed by atoms with Crippen molar-refractivity contribution < 1.29 is 28.7 Å². The minimum atomic E-state index is -0.673. The minimum Gasteiger partial charge on any atom is -0.492 e. The van der Waals surface area contributed by atoms with Crippen molar-refractivity contribution >= 4 is 23.8 Å². The zero-order valence-corrected chi connectivity index (χ0v) is 20.0. The van der Waals surface area contributed by atoms with Gasteiger partial charge in [-0.3, -0.25) is 19.7 Å². The third-order valence-electron chi connectivity index (χ3n) is 7.81. The van der Waals surface area contributed by atoms with E-state index >= 15 is 0 Å². The number of piperidine rings is 2. The summed E-state index contributed by atoms with van der Waals surface area (Å²) in [6.45, 7) is 8.76. The normalized spacial score (nSPS) is 30.4. The molecule has 34 heavy (non-hydrogen) atoms. The number of nitrogens with zero attached hydrogens (tertiary/aromatic N) is 1. The fourth-order valence-electron chi connectivity index (χ4n) is 6.13. The lowest BCUT2D eigenvalue weighted by Gasteiger charge is -2.51. The molecule has 9 heteroatoms. The van der Waals surface area contributed by atoms with Crippen molar-refractivity contribution in [2.75, 3.05) is 13.2 Å². The van der Waals surface area contributed by atoms with E-state index in [2.05, 4.69) is 17.6 Å². The average Bonchev–Trinajstić information content (AvgIpc) is 3.31. The molecule has 0 radical (unpaired) electrons. The molecule has 1 aromatic rings. The third kappa shape index (κ3) is 3.44. The molecule has 1 aromatic carbocycles. The second-order valence-electron chi connectivity index (χ2n) is 10.9. The van der Waals surface area contributed by atoms with E-state index in [9.17, 15) is 19.2 Å². The van der Waals surface area contributed by atoms with Crippen molar-refractivity contribution in [2.45, 2.75) is 70.6 Å². The van der Waals surface area contributed by atoms with Crippen molar-refractivity contribution in [3.8, 4) is 5.75 Å². The lowest BCUT2D eigenvalue weighted by atomic mass is 9.61. The highest BCUT2D eigenvalue weighted by Crippen LogP contribution is 2.53. The number of amides is 4.